The van der Waals surface area contributed by atoms with E-state index in [4.69, 9.17) is 9.47 Å². The van der Waals surface area contributed by atoms with Gasteiger partial charge >= 0.3 is 0 Å². The lowest BCUT2D eigenvalue weighted by molar-refractivity contribution is 0.200. The Kier molecular flexibility index (Phi) is 5.06. The third kappa shape index (κ3) is 4.19. The Hall–Kier alpha value is -2.16. The van der Waals surface area contributed by atoms with Crippen LogP contribution in [0.1, 0.15) is 36.8 Å². The van der Waals surface area contributed by atoms with Crippen LogP contribution in [-0.2, 0) is 6.54 Å². The molecule has 0 aromatic heterocycles. The van der Waals surface area contributed by atoms with E-state index in [2.05, 4.69) is 48.6 Å². The Morgan fingerprint density at radius 1 is 1.04 bits per heavy atom. The monoisotopic (exact) mass is 311 g/mol. The Bertz CT molecular complexity index is 648. The molecule has 0 heterocycles. The summed E-state index contributed by atoms with van der Waals surface area (Å²) >= 11 is 0. The molecule has 122 valence electrons. The maximum Gasteiger partial charge on any atom is 0.161 e. The highest BCUT2D eigenvalue weighted by Gasteiger charge is 2.18. The smallest absolute Gasteiger partial charge is 0.161 e. The van der Waals surface area contributed by atoms with E-state index in [1.165, 1.54) is 24.0 Å². The summed E-state index contributed by atoms with van der Waals surface area (Å²) in [5.41, 5.74) is 3.59. The van der Waals surface area contributed by atoms with E-state index in [-0.39, 0.29) is 0 Å². The molecule has 3 nitrogen and oxygen atoms in total. The maximum absolute atomic E-state index is 6.16. The minimum absolute atomic E-state index is 0.337. The molecular weight excluding hydrogens is 286 g/mol. The predicted molar refractivity (Wildman–Crippen MR) is 94.4 cm³/mol. The van der Waals surface area contributed by atoms with Crippen molar-refractivity contribution < 1.29 is 9.47 Å². The van der Waals surface area contributed by atoms with Gasteiger partial charge in [0.15, 0.2) is 11.5 Å². The molecule has 3 rings (SSSR count). The van der Waals surface area contributed by atoms with E-state index in [0.717, 1.165) is 36.6 Å². The van der Waals surface area contributed by atoms with Crippen molar-refractivity contribution in [2.45, 2.75) is 45.3 Å². The van der Waals surface area contributed by atoms with Crippen molar-refractivity contribution in [3.63, 3.8) is 0 Å². The van der Waals surface area contributed by atoms with Gasteiger partial charge < -0.3 is 14.8 Å². The summed E-state index contributed by atoms with van der Waals surface area (Å²) in [6.45, 7) is 2.88. The number of ether oxygens (including phenoxy) is 2. The third-order valence-electron chi connectivity index (χ3n) is 4.34. The third-order valence-corrected chi connectivity index (χ3v) is 4.34. The van der Waals surface area contributed by atoms with Gasteiger partial charge in [-0.2, -0.15) is 0 Å². The van der Waals surface area contributed by atoms with Crippen LogP contribution in [0.3, 0.4) is 0 Å². The highest BCUT2D eigenvalue weighted by atomic mass is 16.5. The first-order valence-electron chi connectivity index (χ1n) is 8.39. The minimum atomic E-state index is 0.337. The fourth-order valence-electron chi connectivity index (χ4n) is 3.07. The Balaban J connectivity index is 1.69. The normalized spacial score (nSPS) is 14.7. The number of hydrogen-bond acceptors (Lipinski definition) is 3. The number of rotatable bonds is 6. The van der Waals surface area contributed by atoms with E-state index >= 15 is 0 Å². The topological polar surface area (TPSA) is 30.5 Å². The molecule has 2 aromatic carbocycles. The maximum atomic E-state index is 6.16. The molecule has 0 saturated heterocycles. The SMILES string of the molecule is COc1ccc(CNc2cccc(C)c2)cc1OC1CCCC1. The van der Waals surface area contributed by atoms with Gasteiger partial charge in [-0.25, -0.2) is 0 Å². The molecular formula is C20H25NO2. The zero-order valence-corrected chi connectivity index (χ0v) is 14.0. The van der Waals surface area contributed by atoms with Gasteiger partial charge in [-0.05, 0) is 68.0 Å². The zero-order chi connectivity index (χ0) is 16.1. The molecule has 1 aliphatic rings. The van der Waals surface area contributed by atoms with Crippen LogP contribution in [0.2, 0.25) is 0 Å². The van der Waals surface area contributed by atoms with Crippen molar-refractivity contribution in [1.82, 2.24) is 0 Å². The quantitative estimate of drug-likeness (QED) is 0.820. The summed E-state index contributed by atoms with van der Waals surface area (Å²) < 4.78 is 11.6. The number of nitrogens with one attached hydrogen (secondary N) is 1. The van der Waals surface area contributed by atoms with E-state index < -0.39 is 0 Å². The lowest BCUT2D eigenvalue weighted by Gasteiger charge is -2.17. The Morgan fingerprint density at radius 2 is 1.87 bits per heavy atom. The van der Waals surface area contributed by atoms with Crippen molar-refractivity contribution in [2.75, 3.05) is 12.4 Å². The summed E-state index contributed by atoms with van der Waals surface area (Å²) in [6.07, 6.45) is 5.16. The largest absolute Gasteiger partial charge is 0.493 e. The van der Waals surface area contributed by atoms with Crippen LogP contribution < -0.4 is 14.8 Å². The number of aryl methyl sites for hydroxylation is 1. The van der Waals surface area contributed by atoms with Gasteiger partial charge in [-0.15, -0.1) is 0 Å². The minimum Gasteiger partial charge on any atom is -0.493 e. The van der Waals surface area contributed by atoms with Crippen molar-refractivity contribution in [1.29, 1.82) is 0 Å². The van der Waals surface area contributed by atoms with Gasteiger partial charge in [-0.3, -0.25) is 0 Å². The highest BCUT2D eigenvalue weighted by Crippen LogP contribution is 2.32. The first-order valence-corrected chi connectivity index (χ1v) is 8.39. The standard InChI is InChI=1S/C20H25NO2/c1-15-6-5-7-17(12-15)21-14-16-10-11-19(22-2)20(13-16)23-18-8-3-4-9-18/h5-7,10-13,18,21H,3-4,8-9,14H2,1-2H3. The molecule has 2 aromatic rings. The van der Waals surface area contributed by atoms with Gasteiger partial charge in [0.05, 0.1) is 13.2 Å². The average molecular weight is 311 g/mol. The molecule has 0 amide bonds. The van der Waals surface area contributed by atoms with Crippen molar-refractivity contribution in [3.05, 3.63) is 53.6 Å². The first kappa shape index (κ1) is 15.7. The number of benzene rings is 2. The number of hydrogen-bond donors (Lipinski definition) is 1. The van der Waals surface area contributed by atoms with Crippen LogP contribution >= 0.6 is 0 Å². The van der Waals surface area contributed by atoms with Gasteiger partial charge in [0.25, 0.3) is 0 Å². The summed E-state index contributed by atoms with van der Waals surface area (Å²) in [6, 6.07) is 14.6. The van der Waals surface area contributed by atoms with Crippen LogP contribution in [0.15, 0.2) is 42.5 Å². The molecule has 1 saturated carbocycles. The molecule has 0 atom stereocenters. The molecule has 0 spiro atoms. The van der Waals surface area contributed by atoms with Gasteiger partial charge in [0, 0.05) is 12.2 Å². The average Bonchev–Trinajstić information content (AvgIpc) is 3.06. The molecule has 1 N–H and O–H groups in total. The summed E-state index contributed by atoms with van der Waals surface area (Å²) in [7, 11) is 1.70. The molecule has 3 heteroatoms. The second-order valence-electron chi connectivity index (χ2n) is 6.23. The first-order chi connectivity index (χ1) is 11.2. The van der Waals surface area contributed by atoms with Crippen molar-refractivity contribution in [2.24, 2.45) is 0 Å². The molecule has 0 unspecified atom stereocenters. The predicted octanol–water partition coefficient (Wildman–Crippen LogP) is 4.94. The van der Waals surface area contributed by atoms with E-state index in [1.54, 1.807) is 7.11 Å². The second-order valence-corrected chi connectivity index (χ2v) is 6.23. The summed E-state index contributed by atoms with van der Waals surface area (Å²) in [5, 5.41) is 3.46. The fraction of sp³-hybridized carbons (Fsp3) is 0.400. The number of anilines is 1. The summed E-state index contributed by atoms with van der Waals surface area (Å²) in [4.78, 5) is 0. The fourth-order valence-corrected chi connectivity index (χ4v) is 3.07. The molecule has 0 bridgehead atoms. The zero-order valence-electron chi connectivity index (χ0n) is 14.0. The molecule has 0 aliphatic heterocycles. The second kappa shape index (κ2) is 7.40. The van der Waals surface area contributed by atoms with Gasteiger partial charge in [0.1, 0.15) is 0 Å². The van der Waals surface area contributed by atoms with E-state index in [0.29, 0.717) is 6.10 Å². The van der Waals surface area contributed by atoms with Crippen LogP contribution in [0.4, 0.5) is 5.69 Å². The van der Waals surface area contributed by atoms with E-state index in [1.807, 2.05) is 6.07 Å². The van der Waals surface area contributed by atoms with Crippen molar-refractivity contribution in [3.8, 4) is 11.5 Å². The Labute approximate surface area is 138 Å². The van der Waals surface area contributed by atoms with Crippen molar-refractivity contribution >= 4 is 5.69 Å². The van der Waals surface area contributed by atoms with E-state index in [9.17, 15) is 0 Å². The lowest BCUT2D eigenvalue weighted by atomic mass is 10.1. The molecule has 23 heavy (non-hydrogen) atoms. The van der Waals surface area contributed by atoms with Gasteiger partial charge in [-0.1, -0.05) is 18.2 Å². The molecule has 1 fully saturated rings. The molecule has 1 aliphatic carbocycles. The Morgan fingerprint density at radius 3 is 2.61 bits per heavy atom. The molecule has 0 radical (unpaired) electrons. The number of methoxy groups -OCH3 is 1. The van der Waals surface area contributed by atoms with Crippen LogP contribution in [0.25, 0.3) is 0 Å². The summed E-state index contributed by atoms with van der Waals surface area (Å²) in [5.74, 6) is 1.68. The van der Waals surface area contributed by atoms with Crippen LogP contribution in [-0.4, -0.2) is 13.2 Å². The highest BCUT2D eigenvalue weighted by molar-refractivity contribution is 5.48. The lowest BCUT2D eigenvalue weighted by Crippen LogP contribution is -2.12. The van der Waals surface area contributed by atoms with Gasteiger partial charge in [0.2, 0.25) is 0 Å². The van der Waals surface area contributed by atoms with Crippen LogP contribution in [0.5, 0.6) is 11.5 Å². The van der Waals surface area contributed by atoms with Crippen LogP contribution in [0, 0.1) is 6.92 Å².